The highest BCUT2D eigenvalue weighted by Gasteiger charge is 2.05. The third kappa shape index (κ3) is 4.88. The molecule has 1 aromatic heterocycles. The Labute approximate surface area is 129 Å². The van der Waals surface area contributed by atoms with Crippen LogP contribution in [0.3, 0.4) is 0 Å². The summed E-state index contributed by atoms with van der Waals surface area (Å²) in [5.74, 6) is 0. The van der Waals surface area contributed by atoms with Crippen LogP contribution < -0.4 is 16.0 Å². The first kappa shape index (κ1) is 15.5. The molecule has 0 saturated carbocycles. The molecule has 0 aliphatic carbocycles. The summed E-state index contributed by atoms with van der Waals surface area (Å²) in [5, 5.41) is 13.1. The second kappa shape index (κ2) is 7.81. The minimum absolute atomic E-state index is 0.167. The second-order valence-electron chi connectivity index (χ2n) is 4.90. The van der Waals surface area contributed by atoms with Gasteiger partial charge in [-0.2, -0.15) is 11.3 Å². The van der Waals surface area contributed by atoms with Gasteiger partial charge < -0.3 is 16.0 Å². The van der Waals surface area contributed by atoms with E-state index in [1.165, 1.54) is 5.56 Å². The molecule has 1 atom stereocenters. The number of amides is 2. The van der Waals surface area contributed by atoms with Crippen molar-refractivity contribution in [2.45, 2.75) is 19.4 Å². The number of nitrogens with one attached hydrogen (secondary N) is 3. The average molecular weight is 303 g/mol. The first-order valence-electron chi connectivity index (χ1n) is 7.02. The van der Waals surface area contributed by atoms with Gasteiger partial charge in [-0.25, -0.2) is 4.79 Å². The maximum absolute atomic E-state index is 11.9. The number of rotatable bonds is 6. The van der Waals surface area contributed by atoms with Gasteiger partial charge in [0.05, 0.1) is 0 Å². The number of carbonyl (C=O) groups is 1. The Balaban J connectivity index is 1.82. The van der Waals surface area contributed by atoms with E-state index in [-0.39, 0.29) is 12.1 Å². The lowest BCUT2D eigenvalue weighted by Gasteiger charge is -2.13. The van der Waals surface area contributed by atoms with Gasteiger partial charge in [0.25, 0.3) is 0 Å². The van der Waals surface area contributed by atoms with Crippen molar-refractivity contribution >= 4 is 23.1 Å². The van der Waals surface area contributed by atoms with Crippen molar-refractivity contribution in [1.82, 2.24) is 10.6 Å². The van der Waals surface area contributed by atoms with Crippen LogP contribution in [-0.4, -0.2) is 19.6 Å². The first-order chi connectivity index (χ1) is 10.2. The summed E-state index contributed by atoms with van der Waals surface area (Å²) in [6.45, 7) is 2.72. The van der Waals surface area contributed by atoms with Gasteiger partial charge in [0.1, 0.15) is 0 Å². The summed E-state index contributed by atoms with van der Waals surface area (Å²) >= 11 is 1.67. The molecular formula is C16H21N3OS. The number of benzene rings is 1. The first-order valence-corrected chi connectivity index (χ1v) is 7.96. The molecule has 0 fully saturated rings. The van der Waals surface area contributed by atoms with E-state index >= 15 is 0 Å². The van der Waals surface area contributed by atoms with Gasteiger partial charge in [-0.05, 0) is 60.5 Å². The summed E-state index contributed by atoms with van der Waals surface area (Å²) in [7, 11) is 1.92. The zero-order chi connectivity index (χ0) is 15.1. The maximum Gasteiger partial charge on any atom is 0.319 e. The molecule has 2 rings (SSSR count). The topological polar surface area (TPSA) is 53.2 Å². The summed E-state index contributed by atoms with van der Waals surface area (Å²) < 4.78 is 0. The van der Waals surface area contributed by atoms with Crippen molar-refractivity contribution in [3.63, 3.8) is 0 Å². The second-order valence-corrected chi connectivity index (χ2v) is 5.68. The molecule has 1 unspecified atom stereocenters. The Hall–Kier alpha value is -1.85. The minimum Gasteiger partial charge on any atom is -0.338 e. The SMILES string of the molecule is CNC(C)c1cccc(NC(=O)NCCc2ccsc2)c1. The van der Waals surface area contributed by atoms with Gasteiger partial charge in [-0.15, -0.1) is 0 Å². The highest BCUT2D eigenvalue weighted by Crippen LogP contribution is 2.16. The van der Waals surface area contributed by atoms with Crippen LogP contribution in [0.4, 0.5) is 10.5 Å². The maximum atomic E-state index is 11.9. The molecule has 3 N–H and O–H groups in total. The molecule has 1 aromatic carbocycles. The lowest BCUT2D eigenvalue weighted by molar-refractivity contribution is 0.252. The van der Waals surface area contributed by atoms with Crippen molar-refractivity contribution in [3.05, 3.63) is 52.2 Å². The molecule has 112 valence electrons. The van der Waals surface area contributed by atoms with Crippen LogP contribution in [0.25, 0.3) is 0 Å². The van der Waals surface area contributed by atoms with Gasteiger partial charge in [0.2, 0.25) is 0 Å². The highest BCUT2D eigenvalue weighted by atomic mass is 32.1. The van der Waals surface area contributed by atoms with E-state index in [0.717, 1.165) is 17.7 Å². The summed E-state index contributed by atoms with van der Waals surface area (Å²) in [6, 6.07) is 10.0. The Bertz CT molecular complexity index is 569. The molecule has 5 heteroatoms. The molecule has 0 radical (unpaired) electrons. The van der Waals surface area contributed by atoms with Crippen molar-refractivity contribution in [2.24, 2.45) is 0 Å². The Morgan fingerprint density at radius 3 is 2.90 bits per heavy atom. The van der Waals surface area contributed by atoms with Crippen molar-refractivity contribution < 1.29 is 4.79 Å². The minimum atomic E-state index is -0.167. The fraction of sp³-hybridized carbons (Fsp3) is 0.312. The normalized spacial score (nSPS) is 11.9. The van der Waals surface area contributed by atoms with Crippen molar-refractivity contribution in [3.8, 4) is 0 Å². The van der Waals surface area contributed by atoms with E-state index in [1.807, 2.05) is 36.7 Å². The Kier molecular flexibility index (Phi) is 5.78. The Morgan fingerprint density at radius 2 is 2.19 bits per heavy atom. The van der Waals surface area contributed by atoms with Crippen LogP contribution >= 0.6 is 11.3 Å². The number of carbonyl (C=O) groups excluding carboxylic acids is 1. The van der Waals surface area contributed by atoms with Gasteiger partial charge >= 0.3 is 6.03 Å². The van der Waals surface area contributed by atoms with E-state index in [2.05, 4.69) is 34.3 Å². The molecule has 0 spiro atoms. The fourth-order valence-corrected chi connectivity index (χ4v) is 2.69. The number of hydrogen-bond acceptors (Lipinski definition) is 3. The zero-order valence-corrected chi connectivity index (χ0v) is 13.2. The summed E-state index contributed by atoms with van der Waals surface area (Å²) in [6.07, 6.45) is 0.855. The quantitative estimate of drug-likeness (QED) is 0.766. The van der Waals surface area contributed by atoms with E-state index in [9.17, 15) is 4.79 Å². The third-order valence-electron chi connectivity index (χ3n) is 3.36. The standard InChI is InChI=1S/C16H21N3OS/c1-12(17-2)14-4-3-5-15(10-14)19-16(20)18-8-6-13-7-9-21-11-13/h3-5,7,9-12,17H,6,8H2,1-2H3,(H2,18,19,20). The Morgan fingerprint density at radius 1 is 1.33 bits per heavy atom. The highest BCUT2D eigenvalue weighted by molar-refractivity contribution is 7.07. The molecule has 2 aromatic rings. The summed E-state index contributed by atoms with van der Waals surface area (Å²) in [4.78, 5) is 11.9. The van der Waals surface area contributed by atoms with Crippen LogP contribution in [0.1, 0.15) is 24.1 Å². The molecule has 4 nitrogen and oxygen atoms in total. The lowest BCUT2D eigenvalue weighted by atomic mass is 10.1. The number of anilines is 1. The third-order valence-corrected chi connectivity index (χ3v) is 4.09. The largest absolute Gasteiger partial charge is 0.338 e. The van der Waals surface area contributed by atoms with E-state index in [4.69, 9.17) is 0 Å². The zero-order valence-electron chi connectivity index (χ0n) is 12.3. The van der Waals surface area contributed by atoms with Crippen LogP contribution in [0.15, 0.2) is 41.1 Å². The van der Waals surface area contributed by atoms with Gasteiger partial charge in [0, 0.05) is 18.3 Å². The van der Waals surface area contributed by atoms with Gasteiger partial charge in [0.15, 0.2) is 0 Å². The van der Waals surface area contributed by atoms with Crippen molar-refractivity contribution in [1.29, 1.82) is 0 Å². The number of hydrogen-bond donors (Lipinski definition) is 3. The fourth-order valence-electron chi connectivity index (χ4n) is 1.98. The predicted octanol–water partition coefficient (Wildman–Crippen LogP) is 3.39. The lowest BCUT2D eigenvalue weighted by Crippen LogP contribution is -2.30. The van der Waals surface area contributed by atoms with Crippen LogP contribution in [0.2, 0.25) is 0 Å². The van der Waals surface area contributed by atoms with Crippen LogP contribution in [0, 0.1) is 0 Å². The predicted molar refractivity (Wildman–Crippen MR) is 89.0 cm³/mol. The molecule has 0 saturated heterocycles. The van der Waals surface area contributed by atoms with Crippen LogP contribution in [0.5, 0.6) is 0 Å². The van der Waals surface area contributed by atoms with E-state index in [1.54, 1.807) is 11.3 Å². The van der Waals surface area contributed by atoms with Gasteiger partial charge in [-0.1, -0.05) is 12.1 Å². The smallest absolute Gasteiger partial charge is 0.319 e. The molecule has 0 aliphatic rings. The molecule has 1 heterocycles. The van der Waals surface area contributed by atoms with Crippen LogP contribution in [-0.2, 0) is 6.42 Å². The monoisotopic (exact) mass is 303 g/mol. The number of thiophene rings is 1. The number of urea groups is 1. The molecule has 0 bridgehead atoms. The molecule has 0 aliphatic heterocycles. The van der Waals surface area contributed by atoms with Gasteiger partial charge in [-0.3, -0.25) is 0 Å². The molecular weight excluding hydrogens is 282 g/mol. The van der Waals surface area contributed by atoms with Crippen molar-refractivity contribution in [2.75, 3.05) is 18.9 Å². The summed E-state index contributed by atoms with van der Waals surface area (Å²) in [5.41, 5.74) is 3.21. The molecule has 21 heavy (non-hydrogen) atoms. The van der Waals surface area contributed by atoms with E-state index < -0.39 is 0 Å². The molecule has 2 amide bonds. The average Bonchev–Trinajstić information content (AvgIpc) is 3.00. The van der Waals surface area contributed by atoms with E-state index in [0.29, 0.717) is 6.54 Å².